The largest absolute Gasteiger partial charge is 0.726 e. The fourth-order valence-electron chi connectivity index (χ4n) is 2.82. The molecule has 0 spiro atoms. The highest BCUT2D eigenvalue weighted by Crippen LogP contribution is 2.26. The Morgan fingerprint density at radius 3 is 2.19 bits per heavy atom. The molecule has 0 radical (unpaired) electrons. The number of esters is 1. The van der Waals surface area contributed by atoms with Crippen LogP contribution in [-0.4, -0.2) is 50.9 Å². The number of aryl methyl sites for hydroxylation is 1. The first-order valence-electron chi connectivity index (χ1n) is 10.6. The van der Waals surface area contributed by atoms with E-state index in [2.05, 4.69) is 16.1 Å². The number of H-pyrrole nitrogens is 1. The minimum absolute atomic E-state index is 0.0258. The zero-order valence-corrected chi connectivity index (χ0v) is 20.4. The van der Waals surface area contributed by atoms with Crippen LogP contribution in [0.2, 0.25) is 0 Å². The Morgan fingerprint density at radius 2 is 1.74 bits per heavy atom. The van der Waals surface area contributed by atoms with Crippen molar-refractivity contribution in [3.8, 4) is 0 Å². The highest BCUT2D eigenvalue weighted by Gasteiger charge is 2.49. The van der Waals surface area contributed by atoms with Crippen molar-refractivity contribution in [1.82, 2.24) is 4.98 Å². The number of hydrogen-bond donors (Lipinski definition) is 1. The lowest BCUT2D eigenvalue weighted by atomic mass is 10.1. The summed E-state index contributed by atoms with van der Waals surface area (Å²) in [7, 11) is -1.22. The average Bonchev–Trinajstić information content (AvgIpc) is 3.04. The number of rotatable bonds is 14. The van der Waals surface area contributed by atoms with E-state index >= 15 is 0 Å². The Bertz CT molecular complexity index is 736. The number of methoxy groups -OCH3 is 1. The highest BCUT2D eigenvalue weighted by atomic mass is 32.3. The van der Waals surface area contributed by atoms with Crippen LogP contribution in [0.25, 0.3) is 0 Å². The van der Waals surface area contributed by atoms with Crippen molar-refractivity contribution in [2.75, 3.05) is 26.9 Å². The molecule has 0 aliphatic rings. The predicted octanol–water partition coefficient (Wildman–Crippen LogP) is 2.37. The Balaban J connectivity index is 0.000000615. The molecule has 0 aliphatic carbocycles. The number of carbonyl (C=O) groups excluding carboxylic acids is 1. The monoisotopic (exact) mass is 466 g/mol. The molecule has 0 amide bonds. The van der Waals surface area contributed by atoms with Gasteiger partial charge < -0.3 is 18.8 Å². The molecule has 0 saturated heterocycles. The van der Waals surface area contributed by atoms with Crippen molar-refractivity contribution in [2.24, 2.45) is 7.05 Å². The molecule has 1 unspecified atom stereocenters. The van der Waals surface area contributed by atoms with Gasteiger partial charge in [-0.25, -0.2) is 22.8 Å². The third kappa shape index (κ3) is 10.6. The Kier molecular flexibility index (Phi) is 14.5. The van der Waals surface area contributed by atoms with E-state index < -0.39 is 22.2 Å². The van der Waals surface area contributed by atoms with Crippen LogP contribution in [0.15, 0.2) is 6.20 Å². The summed E-state index contributed by atoms with van der Waals surface area (Å²) in [5.74, 6) is -1.19. The lowest BCUT2D eigenvalue weighted by Crippen LogP contribution is -2.51. The van der Waals surface area contributed by atoms with E-state index in [4.69, 9.17) is 14.2 Å². The number of ether oxygens (including phenoxy) is 3. The van der Waals surface area contributed by atoms with Crippen molar-refractivity contribution in [3.05, 3.63) is 17.7 Å². The van der Waals surface area contributed by atoms with Crippen LogP contribution in [0.3, 0.4) is 0 Å². The zero-order chi connectivity index (χ0) is 23.9. The second kappa shape index (κ2) is 15.3. The summed E-state index contributed by atoms with van der Waals surface area (Å²) in [4.78, 5) is 15.2. The van der Waals surface area contributed by atoms with Crippen LogP contribution in [0.1, 0.15) is 70.8 Å². The lowest BCUT2D eigenvalue weighted by Gasteiger charge is -2.26. The van der Waals surface area contributed by atoms with Crippen LogP contribution >= 0.6 is 0 Å². The molecule has 1 atom stereocenters. The van der Waals surface area contributed by atoms with E-state index in [-0.39, 0.29) is 13.2 Å². The van der Waals surface area contributed by atoms with Gasteiger partial charge in [0.1, 0.15) is 6.20 Å². The van der Waals surface area contributed by atoms with Crippen LogP contribution in [0, 0.1) is 6.92 Å². The maximum absolute atomic E-state index is 12.1. The molecule has 0 bridgehead atoms. The summed E-state index contributed by atoms with van der Waals surface area (Å²) < 4.78 is 51.7. The zero-order valence-electron chi connectivity index (χ0n) is 19.6. The van der Waals surface area contributed by atoms with E-state index in [9.17, 15) is 17.8 Å². The molecule has 1 heterocycles. The first kappa shape index (κ1) is 29.5. The highest BCUT2D eigenvalue weighted by molar-refractivity contribution is 7.80. The molecule has 0 aliphatic heterocycles. The second-order valence-corrected chi connectivity index (χ2v) is 7.84. The number of carbonyl (C=O) groups is 1. The molecule has 0 aromatic carbocycles. The standard InChI is InChI=1S/C12H20N2O4.C8H18O4S/c1-6-17-11(15)12(16-5,18-7-2)10-8-13-9(3)14(10)4;1-2-3-4-5-6-7-8-12-13(9,10)11/h8H,6-7H2,1-5H3;2-8H2,1H3,(H,9,10,11). The first-order chi connectivity index (χ1) is 14.6. The molecule has 1 aromatic rings. The van der Waals surface area contributed by atoms with Gasteiger partial charge >= 0.3 is 11.8 Å². The molecule has 31 heavy (non-hydrogen) atoms. The van der Waals surface area contributed by atoms with Crippen LogP contribution in [0.4, 0.5) is 0 Å². The lowest BCUT2D eigenvalue weighted by molar-refractivity contribution is -0.693. The van der Waals surface area contributed by atoms with Crippen molar-refractivity contribution in [1.29, 1.82) is 0 Å². The van der Waals surface area contributed by atoms with E-state index in [0.717, 1.165) is 18.7 Å². The smallest absolute Gasteiger partial charge is 0.376 e. The third-order valence-corrected chi connectivity index (χ3v) is 4.98. The SMILES string of the molecule is CCCCCCCCOS(=O)(=O)[O-].CCOC(=O)C(OC)(OCC)c1c[nH]c(C)[n+]1C. The Morgan fingerprint density at radius 1 is 1.13 bits per heavy atom. The van der Waals surface area contributed by atoms with Gasteiger partial charge in [-0.05, 0) is 20.3 Å². The fraction of sp³-hybridized carbons (Fsp3) is 0.800. The van der Waals surface area contributed by atoms with Crippen LogP contribution < -0.4 is 4.57 Å². The first-order valence-corrected chi connectivity index (χ1v) is 11.9. The summed E-state index contributed by atoms with van der Waals surface area (Å²) in [5.41, 5.74) is 0.572. The van der Waals surface area contributed by atoms with E-state index in [0.29, 0.717) is 18.7 Å². The fourth-order valence-corrected chi connectivity index (χ4v) is 3.14. The van der Waals surface area contributed by atoms with Gasteiger partial charge in [0.2, 0.25) is 16.1 Å². The van der Waals surface area contributed by atoms with Crippen molar-refractivity contribution >= 4 is 16.4 Å². The maximum Gasteiger partial charge on any atom is 0.376 e. The summed E-state index contributed by atoms with van der Waals surface area (Å²) in [6.45, 7) is 8.19. The van der Waals surface area contributed by atoms with Crippen LogP contribution in [0.5, 0.6) is 0 Å². The molecule has 11 heteroatoms. The molecule has 10 nitrogen and oxygen atoms in total. The number of imidazole rings is 1. The number of nitrogens with zero attached hydrogens (tertiary/aromatic N) is 1. The second-order valence-electron chi connectivity index (χ2n) is 6.79. The predicted molar refractivity (Wildman–Crippen MR) is 113 cm³/mol. The van der Waals surface area contributed by atoms with Gasteiger partial charge in [0.15, 0.2) is 0 Å². The summed E-state index contributed by atoms with van der Waals surface area (Å²) in [5, 5.41) is 0. The quantitative estimate of drug-likeness (QED) is 0.110. The normalized spacial score (nSPS) is 13.3. The molecule has 0 saturated carbocycles. The molecule has 1 aromatic heterocycles. The minimum atomic E-state index is -4.47. The number of nitrogens with one attached hydrogen (secondary N) is 1. The van der Waals surface area contributed by atoms with Crippen molar-refractivity contribution in [2.45, 2.75) is 72.0 Å². The van der Waals surface area contributed by atoms with E-state index in [1.807, 2.05) is 14.0 Å². The minimum Gasteiger partial charge on any atom is -0.726 e. The molecular weight excluding hydrogens is 428 g/mol. The molecule has 0 fully saturated rings. The van der Waals surface area contributed by atoms with Gasteiger partial charge in [0, 0.05) is 20.6 Å². The van der Waals surface area contributed by atoms with Crippen molar-refractivity contribution < 1.29 is 40.7 Å². The van der Waals surface area contributed by atoms with Gasteiger partial charge in [-0.1, -0.05) is 39.0 Å². The van der Waals surface area contributed by atoms with Crippen LogP contribution in [-0.2, 0) is 46.4 Å². The third-order valence-electron chi connectivity index (χ3n) is 4.52. The van der Waals surface area contributed by atoms with Gasteiger partial charge in [0.25, 0.3) is 5.82 Å². The number of aromatic nitrogens is 2. The Labute approximate surface area is 186 Å². The van der Waals surface area contributed by atoms with E-state index in [1.54, 1.807) is 24.6 Å². The summed E-state index contributed by atoms with van der Waals surface area (Å²) >= 11 is 0. The number of unbranched alkanes of at least 4 members (excludes halogenated alkanes) is 5. The topological polar surface area (TPSA) is 131 Å². The maximum atomic E-state index is 12.1. The Hall–Kier alpha value is -1.53. The molecule has 1 N–H and O–H groups in total. The summed E-state index contributed by atoms with van der Waals surface area (Å²) in [6, 6.07) is 0. The molecular formula is C20H38N2O8S. The number of aromatic amines is 1. The van der Waals surface area contributed by atoms with Gasteiger partial charge in [-0.3, -0.25) is 4.18 Å². The van der Waals surface area contributed by atoms with Gasteiger partial charge in [-0.15, -0.1) is 0 Å². The van der Waals surface area contributed by atoms with Crippen molar-refractivity contribution in [3.63, 3.8) is 0 Å². The molecule has 182 valence electrons. The van der Waals surface area contributed by atoms with Gasteiger partial charge in [-0.2, -0.15) is 0 Å². The number of hydrogen-bond acceptors (Lipinski definition) is 8. The van der Waals surface area contributed by atoms with E-state index in [1.165, 1.54) is 26.4 Å². The summed E-state index contributed by atoms with van der Waals surface area (Å²) in [6.07, 6.45) is 7.90. The molecule has 1 rings (SSSR count). The average molecular weight is 467 g/mol. The van der Waals surface area contributed by atoms with Gasteiger partial charge in [0.05, 0.1) is 20.3 Å².